The Morgan fingerprint density at radius 1 is 0.941 bits per heavy atom. The summed E-state index contributed by atoms with van der Waals surface area (Å²) in [6.07, 6.45) is 8.57. The van der Waals surface area contributed by atoms with Gasteiger partial charge in [-0.1, -0.05) is 30.3 Å². The van der Waals surface area contributed by atoms with Gasteiger partial charge in [0, 0.05) is 47.8 Å². The van der Waals surface area contributed by atoms with Gasteiger partial charge < -0.3 is 9.72 Å². The molecule has 4 heteroatoms. The van der Waals surface area contributed by atoms with E-state index >= 15 is 0 Å². The highest BCUT2D eigenvalue weighted by molar-refractivity contribution is 5.85. The molecule has 2 aromatic carbocycles. The number of aromatic amines is 1. The lowest BCUT2D eigenvalue weighted by atomic mass is 9.82. The first-order chi connectivity index (χ1) is 16.7. The molecule has 1 saturated heterocycles. The minimum Gasteiger partial charge on any atom is -0.488 e. The molecule has 4 nitrogen and oxygen atoms in total. The van der Waals surface area contributed by atoms with Crippen molar-refractivity contribution in [2.75, 3.05) is 13.1 Å². The lowest BCUT2D eigenvalue weighted by Gasteiger charge is -2.46. The van der Waals surface area contributed by atoms with Crippen LogP contribution in [0.25, 0.3) is 10.9 Å². The van der Waals surface area contributed by atoms with Crippen molar-refractivity contribution in [2.24, 2.45) is 11.8 Å². The summed E-state index contributed by atoms with van der Waals surface area (Å²) in [4.78, 5) is 9.34. The van der Waals surface area contributed by atoms with Gasteiger partial charge in [-0.15, -0.1) is 0 Å². The van der Waals surface area contributed by atoms with Crippen molar-refractivity contribution >= 4 is 10.9 Å². The number of likely N-dealkylation sites (tertiary alicyclic amines) is 1. The molecular formula is C30H35N3O. The fourth-order valence-electron chi connectivity index (χ4n) is 7.73. The van der Waals surface area contributed by atoms with E-state index in [1.807, 2.05) is 0 Å². The molecule has 3 heterocycles. The number of fused-ring (bicyclic) bond motifs is 4. The third kappa shape index (κ3) is 3.04. The van der Waals surface area contributed by atoms with E-state index in [1.54, 1.807) is 0 Å². The Morgan fingerprint density at radius 3 is 2.47 bits per heavy atom. The smallest absolute Gasteiger partial charge is 0.124 e. The minimum absolute atomic E-state index is 0.304. The van der Waals surface area contributed by atoms with Gasteiger partial charge in [0.25, 0.3) is 0 Å². The number of hydrogen-bond acceptors (Lipinski definition) is 3. The summed E-state index contributed by atoms with van der Waals surface area (Å²) in [6, 6.07) is 20.5. The Kier molecular flexibility index (Phi) is 4.31. The van der Waals surface area contributed by atoms with Crippen LogP contribution in [0.3, 0.4) is 0 Å². The average Bonchev–Trinajstić information content (AvgIpc) is 3.26. The molecule has 4 aliphatic carbocycles. The van der Waals surface area contributed by atoms with E-state index in [0.717, 1.165) is 49.2 Å². The number of nitrogens with one attached hydrogen (secondary N) is 1. The Morgan fingerprint density at radius 2 is 1.74 bits per heavy atom. The number of rotatable bonds is 5. The SMILES string of the molecule is C[C@@H]1Cc2c([nH]c3ccccc23)[C@@H](c2ccc(OC3CN(C4CC4)C3)cc2)N1[C@@H]1CC2CC1C2. The number of para-hydroxylation sites is 1. The summed E-state index contributed by atoms with van der Waals surface area (Å²) in [5, 5.41) is 1.41. The van der Waals surface area contributed by atoms with Crippen molar-refractivity contribution in [1.82, 2.24) is 14.8 Å². The third-order valence-electron chi connectivity index (χ3n) is 9.64. The molecular weight excluding hydrogens is 418 g/mol. The highest BCUT2D eigenvalue weighted by Crippen LogP contribution is 2.54. The Bertz CT molecular complexity index is 1220. The van der Waals surface area contributed by atoms with Crippen molar-refractivity contribution in [1.29, 1.82) is 0 Å². The van der Waals surface area contributed by atoms with Crippen LogP contribution in [0.1, 0.15) is 61.9 Å². The van der Waals surface area contributed by atoms with Gasteiger partial charge >= 0.3 is 0 Å². The maximum absolute atomic E-state index is 6.33. The summed E-state index contributed by atoms with van der Waals surface area (Å²) in [6.45, 7) is 4.67. The zero-order valence-electron chi connectivity index (χ0n) is 20.1. The molecule has 0 spiro atoms. The number of nitrogens with zero attached hydrogens (tertiary/aromatic N) is 2. The Hall–Kier alpha value is -2.30. The van der Waals surface area contributed by atoms with E-state index in [4.69, 9.17) is 4.74 Å². The maximum atomic E-state index is 6.33. The summed E-state index contributed by atoms with van der Waals surface area (Å²) in [5.41, 5.74) is 5.65. The molecule has 4 saturated carbocycles. The lowest BCUT2D eigenvalue weighted by Crippen LogP contribution is -2.54. The first kappa shape index (κ1) is 19.9. The number of aromatic nitrogens is 1. The molecule has 176 valence electrons. The van der Waals surface area contributed by atoms with E-state index in [0.29, 0.717) is 18.2 Å². The van der Waals surface area contributed by atoms with Gasteiger partial charge in [0.05, 0.1) is 6.04 Å². The largest absolute Gasteiger partial charge is 0.488 e. The monoisotopic (exact) mass is 453 g/mol. The van der Waals surface area contributed by atoms with Crippen molar-refractivity contribution in [3.05, 3.63) is 65.4 Å². The van der Waals surface area contributed by atoms with E-state index in [1.165, 1.54) is 59.8 Å². The third-order valence-corrected chi connectivity index (χ3v) is 9.64. The highest BCUT2D eigenvalue weighted by Gasteiger charge is 2.51. The molecule has 9 rings (SSSR count). The molecule has 3 atom stereocenters. The summed E-state index contributed by atoms with van der Waals surface area (Å²) < 4.78 is 6.33. The van der Waals surface area contributed by atoms with Crippen LogP contribution in [0.15, 0.2) is 48.5 Å². The topological polar surface area (TPSA) is 31.5 Å². The van der Waals surface area contributed by atoms with Crippen LogP contribution in [0.4, 0.5) is 0 Å². The van der Waals surface area contributed by atoms with Crippen molar-refractivity contribution in [3.8, 4) is 5.75 Å². The van der Waals surface area contributed by atoms with E-state index < -0.39 is 0 Å². The van der Waals surface area contributed by atoms with Crippen LogP contribution in [0, 0.1) is 11.8 Å². The first-order valence-electron chi connectivity index (χ1n) is 13.6. The predicted molar refractivity (Wildman–Crippen MR) is 135 cm³/mol. The van der Waals surface area contributed by atoms with Crippen LogP contribution in [-0.4, -0.2) is 52.1 Å². The van der Waals surface area contributed by atoms with E-state index in [-0.39, 0.29) is 0 Å². The number of hydrogen-bond donors (Lipinski definition) is 1. The minimum atomic E-state index is 0.304. The Labute approximate surface area is 202 Å². The Balaban J connectivity index is 1.13. The van der Waals surface area contributed by atoms with Gasteiger partial charge in [-0.25, -0.2) is 0 Å². The predicted octanol–water partition coefficient (Wildman–Crippen LogP) is 5.53. The first-order valence-corrected chi connectivity index (χ1v) is 13.6. The fraction of sp³-hybridized carbons (Fsp3) is 0.533. The zero-order valence-corrected chi connectivity index (χ0v) is 20.1. The summed E-state index contributed by atoms with van der Waals surface area (Å²) in [7, 11) is 0. The van der Waals surface area contributed by atoms with Gasteiger partial charge in [0.2, 0.25) is 0 Å². The van der Waals surface area contributed by atoms with Gasteiger partial charge in [-0.3, -0.25) is 9.80 Å². The molecule has 2 bridgehead atoms. The molecule has 34 heavy (non-hydrogen) atoms. The van der Waals surface area contributed by atoms with Gasteiger partial charge in [0.1, 0.15) is 11.9 Å². The fourth-order valence-corrected chi connectivity index (χ4v) is 7.73. The second-order valence-electron chi connectivity index (χ2n) is 11.9. The molecule has 5 fully saturated rings. The van der Waals surface area contributed by atoms with Crippen molar-refractivity contribution in [3.63, 3.8) is 0 Å². The number of benzene rings is 2. The van der Waals surface area contributed by atoms with Gasteiger partial charge in [-0.2, -0.15) is 0 Å². The van der Waals surface area contributed by atoms with Crippen LogP contribution in [-0.2, 0) is 6.42 Å². The number of H-pyrrole nitrogens is 1. The normalized spacial score (nSPS) is 33.5. The van der Waals surface area contributed by atoms with Gasteiger partial charge in [-0.05, 0) is 86.6 Å². The molecule has 0 amide bonds. The molecule has 3 aromatic rings. The van der Waals surface area contributed by atoms with Crippen molar-refractivity contribution in [2.45, 2.75) is 75.7 Å². The highest BCUT2D eigenvalue weighted by atomic mass is 16.5. The van der Waals surface area contributed by atoms with Crippen LogP contribution >= 0.6 is 0 Å². The standard InChI is InChI=1S/C30H35N3O/c1-18-12-26-25-4-2-3-5-27(25)31-29(26)30(33(18)28-15-19-13-21(28)14-19)20-6-10-23(11-7-20)34-24-16-32(17-24)22-8-9-22/h2-7,10-11,18-19,21-22,24,28,30-31H,8-9,12-17H2,1H3/t18-,19?,21?,28-,30-/m1/s1. The molecule has 1 aromatic heterocycles. The quantitative estimate of drug-likeness (QED) is 0.551. The molecule has 0 radical (unpaired) electrons. The van der Waals surface area contributed by atoms with Crippen LogP contribution in [0.5, 0.6) is 5.75 Å². The second kappa shape index (κ2) is 7.35. The van der Waals surface area contributed by atoms with E-state index in [9.17, 15) is 0 Å². The molecule has 2 aliphatic heterocycles. The summed E-state index contributed by atoms with van der Waals surface area (Å²) in [5.74, 6) is 2.90. The number of ether oxygens (including phenoxy) is 1. The van der Waals surface area contributed by atoms with Crippen LogP contribution < -0.4 is 4.74 Å². The van der Waals surface area contributed by atoms with Crippen LogP contribution in [0.2, 0.25) is 0 Å². The van der Waals surface area contributed by atoms with Crippen molar-refractivity contribution < 1.29 is 4.74 Å². The molecule has 0 unspecified atom stereocenters. The second-order valence-corrected chi connectivity index (χ2v) is 11.9. The van der Waals surface area contributed by atoms with E-state index in [2.05, 4.69) is 70.2 Å². The van der Waals surface area contributed by atoms with Gasteiger partial charge in [0.15, 0.2) is 0 Å². The molecule has 1 N–H and O–H groups in total. The lowest BCUT2D eigenvalue weighted by molar-refractivity contribution is 0.0142. The molecule has 6 aliphatic rings. The maximum Gasteiger partial charge on any atom is 0.124 e. The zero-order chi connectivity index (χ0) is 22.4. The average molecular weight is 454 g/mol. The summed E-state index contributed by atoms with van der Waals surface area (Å²) >= 11 is 0.